The third kappa shape index (κ3) is 3.12. The summed E-state index contributed by atoms with van der Waals surface area (Å²) in [6.07, 6.45) is 4.50. The Morgan fingerprint density at radius 3 is 2.88 bits per heavy atom. The SMILES string of the molecule is COC(=O)c1c(NC(=O)c2nn(C)cc2Br)sc2c1CC[C@@H](C)C2. The van der Waals surface area contributed by atoms with Crippen molar-refractivity contribution in [2.75, 3.05) is 12.4 Å². The minimum absolute atomic E-state index is 0.285. The highest BCUT2D eigenvalue weighted by molar-refractivity contribution is 9.10. The summed E-state index contributed by atoms with van der Waals surface area (Å²) in [5, 5.41) is 7.53. The van der Waals surface area contributed by atoms with Gasteiger partial charge in [0.15, 0.2) is 5.69 Å². The largest absolute Gasteiger partial charge is 0.465 e. The lowest BCUT2D eigenvalue weighted by atomic mass is 9.88. The summed E-state index contributed by atoms with van der Waals surface area (Å²) >= 11 is 4.79. The normalized spacial score (nSPS) is 16.6. The summed E-state index contributed by atoms with van der Waals surface area (Å²) in [6.45, 7) is 2.20. The van der Waals surface area contributed by atoms with E-state index in [4.69, 9.17) is 4.74 Å². The summed E-state index contributed by atoms with van der Waals surface area (Å²) < 4.78 is 7.10. The van der Waals surface area contributed by atoms with Gasteiger partial charge in [0, 0.05) is 18.1 Å². The number of nitrogens with one attached hydrogen (secondary N) is 1. The molecule has 2 aromatic rings. The molecular formula is C16H18BrN3O3S. The first-order valence-corrected chi connectivity index (χ1v) is 9.25. The maximum atomic E-state index is 12.5. The monoisotopic (exact) mass is 411 g/mol. The first-order chi connectivity index (χ1) is 11.4. The van der Waals surface area contributed by atoms with Gasteiger partial charge in [-0.1, -0.05) is 6.92 Å². The zero-order valence-electron chi connectivity index (χ0n) is 13.7. The Bertz CT molecular complexity index is 812. The van der Waals surface area contributed by atoms with Crippen molar-refractivity contribution in [1.82, 2.24) is 9.78 Å². The molecule has 128 valence electrons. The topological polar surface area (TPSA) is 73.2 Å². The van der Waals surface area contributed by atoms with E-state index in [-0.39, 0.29) is 11.6 Å². The molecule has 1 amide bonds. The highest BCUT2D eigenvalue weighted by atomic mass is 79.9. The zero-order chi connectivity index (χ0) is 17.4. The maximum Gasteiger partial charge on any atom is 0.341 e. The third-order valence-electron chi connectivity index (χ3n) is 4.13. The van der Waals surface area contributed by atoms with E-state index in [2.05, 4.69) is 33.3 Å². The second-order valence-corrected chi connectivity index (χ2v) is 7.96. The number of nitrogens with zero attached hydrogens (tertiary/aromatic N) is 2. The van der Waals surface area contributed by atoms with Gasteiger partial charge in [-0.25, -0.2) is 4.79 Å². The number of ether oxygens (including phenoxy) is 1. The minimum Gasteiger partial charge on any atom is -0.465 e. The van der Waals surface area contributed by atoms with Gasteiger partial charge in [-0.2, -0.15) is 5.10 Å². The molecule has 0 unspecified atom stereocenters. The minimum atomic E-state index is -0.405. The van der Waals surface area contributed by atoms with Gasteiger partial charge < -0.3 is 10.1 Å². The van der Waals surface area contributed by atoms with Crippen LogP contribution in [0.25, 0.3) is 0 Å². The first-order valence-electron chi connectivity index (χ1n) is 7.64. The molecule has 2 aromatic heterocycles. The molecule has 0 fully saturated rings. The number of thiophene rings is 1. The third-order valence-corrected chi connectivity index (χ3v) is 5.88. The van der Waals surface area contributed by atoms with Gasteiger partial charge in [-0.3, -0.25) is 9.48 Å². The van der Waals surface area contributed by atoms with Crippen molar-refractivity contribution in [1.29, 1.82) is 0 Å². The van der Waals surface area contributed by atoms with Crippen molar-refractivity contribution in [3.05, 3.63) is 32.4 Å². The van der Waals surface area contributed by atoms with Gasteiger partial charge in [0.25, 0.3) is 5.91 Å². The van der Waals surface area contributed by atoms with Crippen LogP contribution in [0.15, 0.2) is 10.7 Å². The molecule has 0 aliphatic heterocycles. The second-order valence-electron chi connectivity index (χ2n) is 6.00. The number of aryl methyl sites for hydroxylation is 1. The number of halogens is 1. The van der Waals surface area contributed by atoms with E-state index >= 15 is 0 Å². The van der Waals surface area contributed by atoms with Crippen LogP contribution in [0, 0.1) is 5.92 Å². The maximum absolute atomic E-state index is 12.5. The van der Waals surface area contributed by atoms with Crippen LogP contribution < -0.4 is 5.32 Å². The Balaban J connectivity index is 1.96. The molecule has 0 radical (unpaired) electrons. The van der Waals surface area contributed by atoms with Gasteiger partial charge in [-0.05, 0) is 46.7 Å². The molecular weight excluding hydrogens is 394 g/mol. The van der Waals surface area contributed by atoms with Crippen LogP contribution in [-0.4, -0.2) is 28.8 Å². The number of methoxy groups -OCH3 is 1. The van der Waals surface area contributed by atoms with E-state index in [9.17, 15) is 9.59 Å². The highest BCUT2D eigenvalue weighted by Gasteiger charge is 2.29. The van der Waals surface area contributed by atoms with Crippen LogP contribution in [0.2, 0.25) is 0 Å². The van der Waals surface area contributed by atoms with E-state index in [1.54, 1.807) is 17.9 Å². The van der Waals surface area contributed by atoms with Crippen molar-refractivity contribution in [3.63, 3.8) is 0 Å². The standard InChI is InChI=1S/C16H18BrN3O3S/c1-8-4-5-9-11(6-8)24-15(12(9)16(22)23-3)18-14(21)13-10(17)7-20(2)19-13/h7-8H,4-6H2,1-3H3,(H,18,21)/t8-/m1/s1. The number of rotatable bonds is 3. The van der Waals surface area contributed by atoms with E-state index in [1.807, 2.05) is 0 Å². The van der Waals surface area contributed by atoms with Crippen molar-refractivity contribution >= 4 is 44.1 Å². The molecule has 0 saturated carbocycles. The number of amides is 1. The molecule has 24 heavy (non-hydrogen) atoms. The number of fused-ring (bicyclic) bond motifs is 1. The van der Waals surface area contributed by atoms with E-state index in [1.165, 1.54) is 18.4 Å². The van der Waals surface area contributed by atoms with Crippen molar-refractivity contribution in [2.24, 2.45) is 13.0 Å². The molecule has 1 atom stereocenters. The average Bonchev–Trinajstić information content (AvgIpc) is 3.05. The molecule has 0 spiro atoms. The Labute approximate surface area is 152 Å². The summed E-state index contributed by atoms with van der Waals surface area (Å²) in [4.78, 5) is 25.9. The van der Waals surface area contributed by atoms with E-state index in [0.29, 0.717) is 21.0 Å². The van der Waals surface area contributed by atoms with Crippen molar-refractivity contribution in [2.45, 2.75) is 26.2 Å². The number of carbonyl (C=O) groups excluding carboxylic acids is 2. The molecule has 0 aromatic carbocycles. The van der Waals surface area contributed by atoms with Crippen LogP contribution >= 0.6 is 27.3 Å². The fourth-order valence-electron chi connectivity index (χ4n) is 2.93. The Morgan fingerprint density at radius 2 is 2.25 bits per heavy atom. The van der Waals surface area contributed by atoms with Gasteiger partial charge in [0.2, 0.25) is 0 Å². The van der Waals surface area contributed by atoms with E-state index in [0.717, 1.165) is 29.7 Å². The Kier molecular flexibility index (Phi) is 4.78. The van der Waals surface area contributed by atoms with Gasteiger partial charge in [0.1, 0.15) is 5.00 Å². The van der Waals surface area contributed by atoms with Crippen LogP contribution in [0.3, 0.4) is 0 Å². The van der Waals surface area contributed by atoms with Crippen LogP contribution in [0.5, 0.6) is 0 Å². The van der Waals surface area contributed by atoms with Crippen LogP contribution in [-0.2, 0) is 24.6 Å². The lowest BCUT2D eigenvalue weighted by Gasteiger charge is -2.18. The fourth-order valence-corrected chi connectivity index (χ4v) is 4.88. The molecule has 3 rings (SSSR count). The quantitative estimate of drug-likeness (QED) is 0.785. The number of esters is 1. The Hall–Kier alpha value is -1.67. The van der Waals surface area contributed by atoms with Crippen molar-refractivity contribution < 1.29 is 14.3 Å². The molecule has 8 heteroatoms. The predicted molar refractivity (Wildman–Crippen MR) is 95.7 cm³/mol. The molecule has 6 nitrogen and oxygen atoms in total. The summed E-state index contributed by atoms with van der Waals surface area (Å²) in [6, 6.07) is 0. The predicted octanol–water partition coefficient (Wildman–Crippen LogP) is 3.41. The van der Waals surface area contributed by atoms with Crippen LogP contribution in [0.1, 0.15) is 44.6 Å². The van der Waals surface area contributed by atoms with E-state index < -0.39 is 5.97 Å². The molecule has 1 N–H and O–H groups in total. The first kappa shape index (κ1) is 17.2. The molecule has 0 saturated heterocycles. The fraction of sp³-hybridized carbons (Fsp3) is 0.438. The highest BCUT2D eigenvalue weighted by Crippen LogP contribution is 2.40. The lowest BCUT2D eigenvalue weighted by Crippen LogP contribution is -2.16. The zero-order valence-corrected chi connectivity index (χ0v) is 16.1. The smallest absolute Gasteiger partial charge is 0.341 e. The number of hydrogen-bond donors (Lipinski definition) is 1. The number of hydrogen-bond acceptors (Lipinski definition) is 5. The van der Waals surface area contributed by atoms with Crippen LogP contribution in [0.4, 0.5) is 5.00 Å². The summed E-state index contributed by atoms with van der Waals surface area (Å²) in [7, 11) is 3.10. The van der Waals surface area contributed by atoms with Gasteiger partial charge >= 0.3 is 5.97 Å². The van der Waals surface area contributed by atoms with Crippen molar-refractivity contribution in [3.8, 4) is 0 Å². The molecule has 1 aliphatic rings. The number of aromatic nitrogens is 2. The summed E-state index contributed by atoms with van der Waals surface area (Å²) in [5.74, 6) is -0.174. The molecule has 1 aliphatic carbocycles. The number of anilines is 1. The Morgan fingerprint density at radius 1 is 1.50 bits per heavy atom. The molecule has 2 heterocycles. The number of carbonyl (C=O) groups is 2. The van der Waals surface area contributed by atoms with Gasteiger partial charge in [0.05, 0.1) is 17.1 Å². The second kappa shape index (κ2) is 6.68. The van der Waals surface area contributed by atoms with Gasteiger partial charge in [-0.15, -0.1) is 11.3 Å². The average molecular weight is 412 g/mol. The summed E-state index contributed by atoms with van der Waals surface area (Å²) in [5.41, 5.74) is 1.79. The lowest BCUT2D eigenvalue weighted by molar-refractivity contribution is 0.0601. The molecule has 0 bridgehead atoms.